The summed E-state index contributed by atoms with van der Waals surface area (Å²) in [6.07, 6.45) is 1.58. The monoisotopic (exact) mass is 309 g/mol. The molecule has 0 amide bonds. The molecule has 23 heavy (non-hydrogen) atoms. The second kappa shape index (κ2) is 6.52. The molecule has 1 atom stereocenters. The molecular weight excluding hydrogens is 290 g/mol. The molecule has 1 unspecified atom stereocenters. The number of methoxy groups -OCH3 is 2. The van der Waals surface area contributed by atoms with Gasteiger partial charge < -0.3 is 14.8 Å². The standard InChI is InChI=1S/C18H19N3O2/c1-12(21-13-7-5-4-6-8-13)18-14-9-16(22-2)17(23-3)10-15(14)19-11-20-18/h4-12,21H,1-3H3. The fourth-order valence-electron chi connectivity index (χ4n) is 2.60. The Hall–Kier alpha value is -2.82. The fourth-order valence-corrected chi connectivity index (χ4v) is 2.60. The van der Waals surface area contributed by atoms with Gasteiger partial charge in [-0.1, -0.05) is 18.2 Å². The van der Waals surface area contributed by atoms with E-state index in [-0.39, 0.29) is 6.04 Å². The first kappa shape index (κ1) is 15.1. The highest BCUT2D eigenvalue weighted by molar-refractivity contribution is 5.85. The maximum absolute atomic E-state index is 5.40. The summed E-state index contributed by atoms with van der Waals surface area (Å²) in [4.78, 5) is 8.80. The van der Waals surface area contributed by atoms with Crippen LogP contribution in [0.15, 0.2) is 48.8 Å². The molecule has 0 spiro atoms. The first-order chi connectivity index (χ1) is 11.2. The second-order valence-corrected chi connectivity index (χ2v) is 5.22. The number of fused-ring (bicyclic) bond motifs is 1. The lowest BCUT2D eigenvalue weighted by Gasteiger charge is -2.17. The molecule has 0 radical (unpaired) electrons. The van der Waals surface area contributed by atoms with Crippen LogP contribution in [0.5, 0.6) is 11.5 Å². The molecule has 0 bridgehead atoms. The Bertz CT molecular complexity index is 806. The lowest BCUT2D eigenvalue weighted by Crippen LogP contribution is -2.09. The average Bonchev–Trinajstić information content (AvgIpc) is 2.60. The van der Waals surface area contributed by atoms with E-state index in [0.29, 0.717) is 11.5 Å². The number of hydrogen-bond donors (Lipinski definition) is 1. The third-order valence-electron chi connectivity index (χ3n) is 3.74. The molecule has 1 N–H and O–H groups in total. The third-order valence-corrected chi connectivity index (χ3v) is 3.74. The first-order valence-electron chi connectivity index (χ1n) is 7.41. The Morgan fingerprint density at radius 1 is 0.957 bits per heavy atom. The van der Waals surface area contributed by atoms with E-state index in [1.807, 2.05) is 42.5 Å². The quantitative estimate of drug-likeness (QED) is 0.776. The van der Waals surface area contributed by atoms with Crippen molar-refractivity contribution in [3.8, 4) is 11.5 Å². The van der Waals surface area contributed by atoms with Crippen LogP contribution in [0.3, 0.4) is 0 Å². The summed E-state index contributed by atoms with van der Waals surface area (Å²) in [7, 11) is 3.24. The first-order valence-corrected chi connectivity index (χ1v) is 7.41. The van der Waals surface area contributed by atoms with Crippen molar-refractivity contribution in [2.24, 2.45) is 0 Å². The van der Waals surface area contributed by atoms with Crippen molar-refractivity contribution in [1.82, 2.24) is 9.97 Å². The topological polar surface area (TPSA) is 56.3 Å². The zero-order chi connectivity index (χ0) is 16.2. The van der Waals surface area contributed by atoms with Crippen LogP contribution in [0.4, 0.5) is 5.69 Å². The lowest BCUT2D eigenvalue weighted by atomic mass is 10.1. The van der Waals surface area contributed by atoms with Crippen LogP contribution >= 0.6 is 0 Å². The molecule has 0 aliphatic rings. The molecule has 118 valence electrons. The number of nitrogens with zero attached hydrogens (tertiary/aromatic N) is 2. The zero-order valence-corrected chi connectivity index (χ0v) is 13.4. The number of benzene rings is 2. The summed E-state index contributed by atoms with van der Waals surface area (Å²) in [5.74, 6) is 1.33. The van der Waals surface area contributed by atoms with Crippen LogP contribution in [-0.2, 0) is 0 Å². The normalized spacial score (nSPS) is 12.0. The number of para-hydroxylation sites is 1. The van der Waals surface area contributed by atoms with Crippen molar-refractivity contribution < 1.29 is 9.47 Å². The highest BCUT2D eigenvalue weighted by atomic mass is 16.5. The van der Waals surface area contributed by atoms with E-state index in [0.717, 1.165) is 22.3 Å². The predicted molar refractivity (Wildman–Crippen MR) is 91.1 cm³/mol. The zero-order valence-electron chi connectivity index (χ0n) is 13.4. The van der Waals surface area contributed by atoms with Gasteiger partial charge in [0.15, 0.2) is 11.5 Å². The van der Waals surface area contributed by atoms with Gasteiger partial charge in [-0.15, -0.1) is 0 Å². The SMILES string of the molecule is COc1cc2ncnc(C(C)Nc3ccccc3)c2cc1OC. The molecule has 0 saturated heterocycles. The van der Waals surface area contributed by atoms with Gasteiger partial charge in [0, 0.05) is 17.1 Å². The van der Waals surface area contributed by atoms with Crippen LogP contribution in [-0.4, -0.2) is 24.2 Å². The minimum Gasteiger partial charge on any atom is -0.493 e. The van der Waals surface area contributed by atoms with Crippen LogP contribution in [0, 0.1) is 0 Å². The summed E-state index contributed by atoms with van der Waals surface area (Å²) in [5, 5.41) is 4.40. The van der Waals surface area contributed by atoms with Gasteiger partial charge in [-0.2, -0.15) is 0 Å². The van der Waals surface area contributed by atoms with Crippen molar-refractivity contribution in [2.75, 3.05) is 19.5 Å². The van der Waals surface area contributed by atoms with Crippen LogP contribution in [0.2, 0.25) is 0 Å². The molecule has 0 aliphatic heterocycles. The molecule has 1 aromatic heterocycles. The molecule has 0 saturated carbocycles. The van der Waals surface area contributed by atoms with Gasteiger partial charge in [0.25, 0.3) is 0 Å². The van der Waals surface area contributed by atoms with E-state index < -0.39 is 0 Å². The van der Waals surface area contributed by atoms with E-state index >= 15 is 0 Å². The predicted octanol–water partition coefficient (Wildman–Crippen LogP) is 3.82. The largest absolute Gasteiger partial charge is 0.493 e. The van der Waals surface area contributed by atoms with Crippen molar-refractivity contribution in [3.63, 3.8) is 0 Å². The van der Waals surface area contributed by atoms with Gasteiger partial charge in [0.1, 0.15) is 6.33 Å². The number of ether oxygens (including phenoxy) is 2. The van der Waals surface area contributed by atoms with Gasteiger partial charge in [-0.05, 0) is 25.1 Å². The Morgan fingerprint density at radius 3 is 2.35 bits per heavy atom. The summed E-state index contributed by atoms with van der Waals surface area (Å²) in [6.45, 7) is 2.07. The summed E-state index contributed by atoms with van der Waals surface area (Å²) in [6, 6.07) is 13.9. The fraction of sp³-hybridized carbons (Fsp3) is 0.222. The van der Waals surface area contributed by atoms with E-state index in [1.54, 1.807) is 20.5 Å². The molecule has 1 heterocycles. The summed E-state index contributed by atoms with van der Waals surface area (Å²) >= 11 is 0. The van der Waals surface area contributed by atoms with Crippen molar-refractivity contribution in [2.45, 2.75) is 13.0 Å². The maximum Gasteiger partial charge on any atom is 0.162 e. The van der Waals surface area contributed by atoms with Gasteiger partial charge in [-0.25, -0.2) is 9.97 Å². The van der Waals surface area contributed by atoms with Gasteiger partial charge in [0.05, 0.1) is 31.5 Å². The van der Waals surface area contributed by atoms with E-state index in [2.05, 4.69) is 22.2 Å². The molecule has 0 aliphatic carbocycles. The summed E-state index contributed by atoms with van der Waals surface area (Å²) < 4.78 is 10.7. The van der Waals surface area contributed by atoms with Crippen molar-refractivity contribution >= 4 is 16.6 Å². The number of aromatic nitrogens is 2. The van der Waals surface area contributed by atoms with Crippen LogP contribution < -0.4 is 14.8 Å². The number of hydrogen-bond acceptors (Lipinski definition) is 5. The van der Waals surface area contributed by atoms with Gasteiger partial charge >= 0.3 is 0 Å². The smallest absolute Gasteiger partial charge is 0.162 e. The van der Waals surface area contributed by atoms with Crippen molar-refractivity contribution in [3.05, 3.63) is 54.5 Å². The molecular formula is C18H19N3O2. The maximum atomic E-state index is 5.40. The molecule has 3 rings (SSSR count). The van der Waals surface area contributed by atoms with E-state index in [4.69, 9.17) is 9.47 Å². The highest BCUT2D eigenvalue weighted by Crippen LogP contribution is 2.34. The summed E-state index contributed by atoms with van der Waals surface area (Å²) in [5.41, 5.74) is 2.79. The molecule has 3 aromatic rings. The molecule has 5 nitrogen and oxygen atoms in total. The Labute approximate surface area is 135 Å². The minimum atomic E-state index is 0.0287. The Morgan fingerprint density at radius 2 is 1.65 bits per heavy atom. The Kier molecular flexibility index (Phi) is 4.28. The van der Waals surface area contributed by atoms with Crippen LogP contribution in [0.25, 0.3) is 10.9 Å². The average molecular weight is 309 g/mol. The highest BCUT2D eigenvalue weighted by Gasteiger charge is 2.15. The van der Waals surface area contributed by atoms with Gasteiger partial charge in [-0.3, -0.25) is 0 Å². The number of anilines is 1. The molecule has 2 aromatic carbocycles. The second-order valence-electron chi connectivity index (χ2n) is 5.22. The van der Waals surface area contributed by atoms with Crippen molar-refractivity contribution in [1.29, 1.82) is 0 Å². The van der Waals surface area contributed by atoms with E-state index in [9.17, 15) is 0 Å². The third kappa shape index (κ3) is 3.04. The number of nitrogens with one attached hydrogen (secondary N) is 1. The van der Waals surface area contributed by atoms with Crippen LogP contribution in [0.1, 0.15) is 18.7 Å². The van der Waals surface area contributed by atoms with Gasteiger partial charge in [0.2, 0.25) is 0 Å². The molecule has 5 heteroatoms. The minimum absolute atomic E-state index is 0.0287. The number of rotatable bonds is 5. The Balaban J connectivity index is 2.03. The lowest BCUT2D eigenvalue weighted by molar-refractivity contribution is 0.355. The van der Waals surface area contributed by atoms with E-state index in [1.165, 1.54) is 0 Å². The molecule has 0 fully saturated rings.